The van der Waals surface area contributed by atoms with Crippen molar-refractivity contribution < 1.29 is 14.3 Å². The molecule has 0 bridgehead atoms. The van der Waals surface area contributed by atoms with Crippen molar-refractivity contribution in [2.24, 2.45) is 5.73 Å². The van der Waals surface area contributed by atoms with E-state index in [0.29, 0.717) is 13.0 Å². The van der Waals surface area contributed by atoms with E-state index < -0.39 is 6.04 Å². The molecule has 1 aliphatic rings. The Kier molecular flexibility index (Phi) is 4.18. The summed E-state index contributed by atoms with van der Waals surface area (Å²) in [5.74, 6) is -0.321. The smallest absolute Gasteiger partial charge is 0.322 e. The van der Waals surface area contributed by atoms with E-state index in [4.69, 9.17) is 15.2 Å². The molecule has 1 rings (SSSR count). The van der Waals surface area contributed by atoms with Crippen molar-refractivity contribution in [1.29, 1.82) is 0 Å². The Bertz CT molecular complexity index is 166. The van der Waals surface area contributed by atoms with Crippen LogP contribution in [0.5, 0.6) is 0 Å². The Labute approximate surface area is 78.4 Å². The predicted octanol–water partition coefficient (Wildman–Crippen LogP) is 0.446. The minimum Gasteiger partial charge on any atom is -0.465 e. The van der Waals surface area contributed by atoms with Crippen LogP contribution in [0.1, 0.15) is 26.2 Å². The van der Waals surface area contributed by atoms with Crippen LogP contribution < -0.4 is 5.73 Å². The maximum absolute atomic E-state index is 11.1. The topological polar surface area (TPSA) is 61.5 Å². The van der Waals surface area contributed by atoms with E-state index in [0.717, 1.165) is 19.4 Å². The molecule has 0 radical (unpaired) electrons. The van der Waals surface area contributed by atoms with Gasteiger partial charge in [-0.1, -0.05) is 0 Å². The molecule has 1 fully saturated rings. The number of esters is 1. The standard InChI is InChI=1S/C9H17NO3/c1-2-12-9(11)8(10)6-7-4-3-5-13-7/h7-8H,2-6,10H2,1H3/t7?,8-/m0/s1. The van der Waals surface area contributed by atoms with Crippen molar-refractivity contribution in [2.45, 2.75) is 38.3 Å². The number of hydrogen-bond donors (Lipinski definition) is 1. The third kappa shape index (κ3) is 3.32. The third-order valence-corrected chi connectivity index (χ3v) is 2.13. The van der Waals surface area contributed by atoms with Gasteiger partial charge in [0.05, 0.1) is 12.7 Å². The number of rotatable bonds is 4. The zero-order valence-electron chi connectivity index (χ0n) is 7.99. The molecule has 1 aliphatic heterocycles. The molecule has 1 saturated heterocycles. The Morgan fingerprint density at radius 2 is 2.54 bits per heavy atom. The number of hydrogen-bond acceptors (Lipinski definition) is 4. The average molecular weight is 187 g/mol. The van der Waals surface area contributed by atoms with Crippen LogP contribution in [0.15, 0.2) is 0 Å². The van der Waals surface area contributed by atoms with Gasteiger partial charge in [0.2, 0.25) is 0 Å². The van der Waals surface area contributed by atoms with E-state index >= 15 is 0 Å². The number of carbonyl (C=O) groups excluding carboxylic acids is 1. The molecule has 1 unspecified atom stereocenters. The van der Waals surface area contributed by atoms with E-state index in [-0.39, 0.29) is 12.1 Å². The number of ether oxygens (including phenoxy) is 2. The highest BCUT2D eigenvalue weighted by Crippen LogP contribution is 2.16. The van der Waals surface area contributed by atoms with Gasteiger partial charge < -0.3 is 15.2 Å². The van der Waals surface area contributed by atoms with Gasteiger partial charge in [-0.05, 0) is 26.2 Å². The summed E-state index contributed by atoms with van der Waals surface area (Å²) in [6, 6.07) is -0.525. The summed E-state index contributed by atoms with van der Waals surface area (Å²) in [6.45, 7) is 2.95. The third-order valence-electron chi connectivity index (χ3n) is 2.13. The van der Waals surface area contributed by atoms with Gasteiger partial charge in [-0.3, -0.25) is 4.79 Å². The molecule has 4 nitrogen and oxygen atoms in total. The molecule has 0 aromatic heterocycles. The summed E-state index contributed by atoms with van der Waals surface area (Å²) in [6.07, 6.45) is 2.81. The van der Waals surface area contributed by atoms with Crippen LogP contribution in [-0.2, 0) is 14.3 Å². The number of nitrogens with two attached hydrogens (primary N) is 1. The molecule has 0 aliphatic carbocycles. The van der Waals surface area contributed by atoms with Crippen LogP contribution in [0.25, 0.3) is 0 Å². The normalized spacial score (nSPS) is 24.3. The van der Waals surface area contributed by atoms with E-state index in [1.807, 2.05) is 0 Å². The van der Waals surface area contributed by atoms with E-state index in [1.54, 1.807) is 6.92 Å². The van der Waals surface area contributed by atoms with Gasteiger partial charge in [0.15, 0.2) is 0 Å². The lowest BCUT2D eigenvalue weighted by Crippen LogP contribution is -2.35. The molecule has 2 atom stereocenters. The van der Waals surface area contributed by atoms with Gasteiger partial charge in [-0.25, -0.2) is 0 Å². The quantitative estimate of drug-likeness (QED) is 0.649. The Hall–Kier alpha value is -0.610. The average Bonchev–Trinajstić information content (AvgIpc) is 2.57. The monoisotopic (exact) mass is 187 g/mol. The van der Waals surface area contributed by atoms with Gasteiger partial charge in [0.1, 0.15) is 6.04 Å². The molecule has 0 saturated carbocycles. The van der Waals surface area contributed by atoms with Crippen molar-refractivity contribution in [3.05, 3.63) is 0 Å². The first kappa shape index (κ1) is 10.5. The van der Waals surface area contributed by atoms with Crippen LogP contribution in [0.3, 0.4) is 0 Å². The van der Waals surface area contributed by atoms with Crippen LogP contribution in [-0.4, -0.2) is 31.3 Å². The maximum atomic E-state index is 11.1. The van der Waals surface area contributed by atoms with Gasteiger partial charge in [0, 0.05) is 6.61 Å². The Morgan fingerprint density at radius 3 is 3.08 bits per heavy atom. The van der Waals surface area contributed by atoms with E-state index in [1.165, 1.54) is 0 Å². The van der Waals surface area contributed by atoms with Crippen molar-refractivity contribution in [2.75, 3.05) is 13.2 Å². The molecule has 0 spiro atoms. The second kappa shape index (κ2) is 5.19. The van der Waals surface area contributed by atoms with Crippen molar-refractivity contribution in [3.63, 3.8) is 0 Å². The highest BCUT2D eigenvalue weighted by Gasteiger charge is 2.23. The highest BCUT2D eigenvalue weighted by molar-refractivity contribution is 5.75. The second-order valence-corrected chi connectivity index (χ2v) is 3.23. The Morgan fingerprint density at radius 1 is 1.77 bits per heavy atom. The van der Waals surface area contributed by atoms with Crippen LogP contribution >= 0.6 is 0 Å². The summed E-state index contributed by atoms with van der Waals surface area (Å²) in [7, 11) is 0. The van der Waals surface area contributed by atoms with Crippen LogP contribution in [0.4, 0.5) is 0 Å². The van der Waals surface area contributed by atoms with Gasteiger partial charge >= 0.3 is 5.97 Å². The lowest BCUT2D eigenvalue weighted by atomic mass is 10.1. The lowest BCUT2D eigenvalue weighted by Gasteiger charge is -2.14. The first-order valence-corrected chi connectivity index (χ1v) is 4.78. The van der Waals surface area contributed by atoms with Crippen LogP contribution in [0.2, 0.25) is 0 Å². The minimum absolute atomic E-state index is 0.152. The zero-order valence-corrected chi connectivity index (χ0v) is 7.99. The molecule has 76 valence electrons. The minimum atomic E-state index is -0.525. The molecule has 0 amide bonds. The largest absolute Gasteiger partial charge is 0.465 e. The van der Waals surface area contributed by atoms with Crippen molar-refractivity contribution in [1.82, 2.24) is 0 Å². The highest BCUT2D eigenvalue weighted by atomic mass is 16.5. The first-order valence-electron chi connectivity index (χ1n) is 4.78. The fourth-order valence-electron chi connectivity index (χ4n) is 1.46. The second-order valence-electron chi connectivity index (χ2n) is 3.23. The molecule has 0 aromatic rings. The van der Waals surface area contributed by atoms with E-state index in [2.05, 4.69) is 0 Å². The first-order chi connectivity index (χ1) is 6.24. The molecular weight excluding hydrogens is 170 g/mol. The van der Waals surface area contributed by atoms with E-state index in [9.17, 15) is 4.79 Å². The molecule has 2 N–H and O–H groups in total. The zero-order chi connectivity index (χ0) is 9.68. The predicted molar refractivity (Wildman–Crippen MR) is 48.2 cm³/mol. The fourth-order valence-corrected chi connectivity index (χ4v) is 1.46. The molecular formula is C9H17NO3. The summed E-state index contributed by atoms with van der Waals surface area (Å²) in [5, 5.41) is 0. The summed E-state index contributed by atoms with van der Waals surface area (Å²) in [4.78, 5) is 11.1. The van der Waals surface area contributed by atoms with Gasteiger partial charge in [-0.2, -0.15) is 0 Å². The molecule has 0 aromatic carbocycles. The molecule has 1 heterocycles. The van der Waals surface area contributed by atoms with Gasteiger partial charge in [-0.15, -0.1) is 0 Å². The summed E-state index contributed by atoms with van der Waals surface area (Å²) >= 11 is 0. The van der Waals surface area contributed by atoms with Crippen molar-refractivity contribution in [3.8, 4) is 0 Å². The summed E-state index contributed by atoms with van der Waals surface area (Å²) < 4.78 is 10.2. The molecule has 4 heteroatoms. The fraction of sp³-hybridized carbons (Fsp3) is 0.889. The SMILES string of the molecule is CCOC(=O)[C@@H](N)CC1CCCO1. The van der Waals surface area contributed by atoms with Crippen LogP contribution in [0, 0.1) is 0 Å². The maximum Gasteiger partial charge on any atom is 0.322 e. The lowest BCUT2D eigenvalue weighted by molar-refractivity contribution is -0.145. The van der Waals surface area contributed by atoms with Crippen molar-refractivity contribution >= 4 is 5.97 Å². The Balaban J connectivity index is 2.22. The molecule has 13 heavy (non-hydrogen) atoms. The van der Waals surface area contributed by atoms with Gasteiger partial charge in [0.25, 0.3) is 0 Å². The summed E-state index contributed by atoms with van der Waals surface area (Å²) in [5.41, 5.74) is 5.63. The number of carbonyl (C=O) groups is 1.